The van der Waals surface area contributed by atoms with E-state index in [-0.39, 0.29) is 5.91 Å². The van der Waals surface area contributed by atoms with E-state index in [2.05, 4.69) is 32.3 Å². The van der Waals surface area contributed by atoms with E-state index in [9.17, 15) is 9.59 Å². The first-order chi connectivity index (χ1) is 14.6. The zero-order chi connectivity index (χ0) is 20.9. The first kappa shape index (κ1) is 19.4. The third-order valence-corrected chi connectivity index (χ3v) is 5.03. The van der Waals surface area contributed by atoms with Crippen LogP contribution in [0, 0.1) is 0 Å². The van der Waals surface area contributed by atoms with Gasteiger partial charge in [0.25, 0.3) is 5.91 Å². The molecule has 3 aromatic rings. The van der Waals surface area contributed by atoms with E-state index >= 15 is 0 Å². The molecule has 3 aromatic carbocycles. The monoisotopic (exact) mass is 399 g/mol. The molecule has 1 aliphatic rings. The van der Waals surface area contributed by atoms with Gasteiger partial charge in [0.2, 0.25) is 0 Å². The highest BCUT2D eigenvalue weighted by Gasteiger charge is 2.19. The van der Waals surface area contributed by atoms with E-state index in [0.29, 0.717) is 11.1 Å². The maximum absolute atomic E-state index is 12.5. The van der Waals surface area contributed by atoms with Gasteiger partial charge in [-0.25, -0.2) is 10.2 Å². The second kappa shape index (κ2) is 8.61. The molecule has 0 aromatic heterocycles. The van der Waals surface area contributed by atoms with Crippen LogP contribution in [0.15, 0.2) is 77.9 Å². The van der Waals surface area contributed by atoms with Gasteiger partial charge in [0, 0.05) is 24.3 Å². The van der Waals surface area contributed by atoms with Gasteiger partial charge in [0.1, 0.15) is 0 Å². The number of nitrogens with zero attached hydrogens (tertiary/aromatic N) is 2. The van der Waals surface area contributed by atoms with Crippen LogP contribution in [-0.4, -0.2) is 25.2 Å². The molecule has 0 saturated carbocycles. The van der Waals surface area contributed by atoms with Crippen molar-refractivity contribution in [3.63, 3.8) is 0 Å². The Morgan fingerprint density at radius 2 is 1.63 bits per heavy atom. The second-order valence-electron chi connectivity index (χ2n) is 6.99. The van der Waals surface area contributed by atoms with E-state index < -0.39 is 5.97 Å². The highest BCUT2D eigenvalue weighted by molar-refractivity contribution is 5.96. The summed E-state index contributed by atoms with van der Waals surface area (Å²) in [5.74, 6) is -0.677. The summed E-state index contributed by atoms with van der Waals surface area (Å²) in [7, 11) is 1.34. The van der Waals surface area contributed by atoms with Gasteiger partial charge < -0.3 is 9.64 Å². The Bertz CT molecular complexity index is 1080. The summed E-state index contributed by atoms with van der Waals surface area (Å²) in [6.45, 7) is 1.67. The highest BCUT2D eigenvalue weighted by atomic mass is 16.5. The number of nitrogens with one attached hydrogen (secondary N) is 1. The zero-order valence-electron chi connectivity index (χ0n) is 16.5. The van der Waals surface area contributed by atoms with Gasteiger partial charge in [-0.05, 0) is 47.0 Å². The molecule has 0 fully saturated rings. The fraction of sp³-hybridized carbons (Fsp3) is 0.125. The summed E-state index contributed by atoms with van der Waals surface area (Å²) in [4.78, 5) is 26.2. The minimum atomic E-state index is -0.396. The summed E-state index contributed by atoms with van der Waals surface area (Å²) >= 11 is 0. The molecule has 30 heavy (non-hydrogen) atoms. The normalized spacial score (nSPS) is 12.6. The number of rotatable bonds is 5. The second-order valence-corrected chi connectivity index (χ2v) is 6.99. The molecular formula is C24H21N3O3. The van der Waals surface area contributed by atoms with E-state index in [1.807, 2.05) is 30.3 Å². The van der Waals surface area contributed by atoms with Gasteiger partial charge in [0.05, 0.1) is 18.9 Å². The lowest BCUT2D eigenvalue weighted by molar-refractivity contribution is 0.0600. The molecule has 1 heterocycles. The number of ether oxygens (including phenoxy) is 1. The Hall–Kier alpha value is -3.93. The van der Waals surface area contributed by atoms with Crippen molar-refractivity contribution in [1.82, 2.24) is 5.43 Å². The lowest BCUT2D eigenvalue weighted by atomic mass is 10.1. The number of hydrogen-bond donors (Lipinski definition) is 1. The van der Waals surface area contributed by atoms with Gasteiger partial charge in [-0.3, -0.25) is 4.79 Å². The van der Waals surface area contributed by atoms with Crippen LogP contribution < -0.4 is 10.3 Å². The first-order valence-electron chi connectivity index (χ1n) is 9.57. The van der Waals surface area contributed by atoms with Crippen LogP contribution in [-0.2, 0) is 17.8 Å². The van der Waals surface area contributed by atoms with Crippen LogP contribution in [0.1, 0.15) is 37.4 Å². The summed E-state index contributed by atoms with van der Waals surface area (Å²) in [6.07, 6.45) is 1.53. The van der Waals surface area contributed by atoms with E-state index in [0.717, 1.165) is 24.3 Å². The van der Waals surface area contributed by atoms with Crippen molar-refractivity contribution in [2.75, 3.05) is 12.0 Å². The third-order valence-electron chi connectivity index (χ3n) is 5.03. The molecule has 0 radical (unpaired) electrons. The van der Waals surface area contributed by atoms with Crippen LogP contribution in [0.25, 0.3) is 0 Å². The van der Waals surface area contributed by atoms with Crippen molar-refractivity contribution in [2.24, 2.45) is 5.10 Å². The number of anilines is 1. The predicted octanol–water partition coefficient (Wildman–Crippen LogP) is 3.76. The summed E-state index contributed by atoms with van der Waals surface area (Å²) in [6, 6.07) is 22.7. The van der Waals surface area contributed by atoms with E-state index in [4.69, 9.17) is 0 Å². The van der Waals surface area contributed by atoms with Crippen molar-refractivity contribution in [2.45, 2.75) is 13.1 Å². The van der Waals surface area contributed by atoms with Crippen molar-refractivity contribution in [1.29, 1.82) is 0 Å². The van der Waals surface area contributed by atoms with Crippen LogP contribution in [0.3, 0.4) is 0 Å². The van der Waals surface area contributed by atoms with Crippen LogP contribution >= 0.6 is 0 Å². The Labute approximate surface area is 174 Å². The number of carbonyl (C=O) groups is 2. The molecule has 6 heteroatoms. The van der Waals surface area contributed by atoms with E-state index in [1.54, 1.807) is 30.3 Å². The summed E-state index contributed by atoms with van der Waals surface area (Å²) in [5, 5.41) is 4.02. The van der Waals surface area contributed by atoms with Crippen LogP contribution in [0.4, 0.5) is 5.69 Å². The van der Waals surface area contributed by atoms with Crippen LogP contribution in [0.5, 0.6) is 0 Å². The van der Waals surface area contributed by atoms with Crippen molar-refractivity contribution in [3.8, 4) is 0 Å². The fourth-order valence-electron chi connectivity index (χ4n) is 3.41. The third kappa shape index (κ3) is 4.22. The molecule has 1 N–H and O–H groups in total. The van der Waals surface area contributed by atoms with Gasteiger partial charge >= 0.3 is 5.97 Å². The Balaban J connectivity index is 1.39. The number of hydrazone groups is 1. The summed E-state index contributed by atoms with van der Waals surface area (Å²) < 4.78 is 4.67. The average molecular weight is 399 g/mol. The van der Waals surface area contributed by atoms with Gasteiger partial charge in [-0.1, -0.05) is 42.5 Å². The molecule has 0 bridgehead atoms. The molecule has 0 saturated heterocycles. The number of benzene rings is 3. The SMILES string of the molecule is COC(=O)c1ccc(/C=N\NC(=O)c2cccc(N3Cc4ccccc4C3)c2)cc1. The fourth-order valence-corrected chi connectivity index (χ4v) is 3.41. The molecule has 0 atom stereocenters. The molecule has 150 valence electrons. The number of fused-ring (bicyclic) bond motifs is 1. The highest BCUT2D eigenvalue weighted by Crippen LogP contribution is 2.28. The number of carbonyl (C=O) groups excluding carboxylic acids is 2. The number of hydrogen-bond acceptors (Lipinski definition) is 5. The molecule has 0 spiro atoms. The number of methoxy groups -OCH3 is 1. The lowest BCUT2D eigenvalue weighted by Crippen LogP contribution is -2.19. The lowest BCUT2D eigenvalue weighted by Gasteiger charge is -2.18. The average Bonchev–Trinajstić information content (AvgIpc) is 3.23. The maximum Gasteiger partial charge on any atom is 0.337 e. The minimum Gasteiger partial charge on any atom is -0.465 e. The topological polar surface area (TPSA) is 71.0 Å². The molecule has 0 unspecified atom stereocenters. The zero-order valence-corrected chi connectivity index (χ0v) is 16.5. The largest absolute Gasteiger partial charge is 0.465 e. The molecular weight excluding hydrogens is 378 g/mol. The van der Waals surface area contributed by atoms with Gasteiger partial charge in [-0.2, -0.15) is 5.10 Å². The Morgan fingerprint density at radius 3 is 2.30 bits per heavy atom. The van der Waals surface area contributed by atoms with Crippen molar-refractivity contribution >= 4 is 23.8 Å². The molecule has 1 aliphatic heterocycles. The first-order valence-corrected chi connectivity index (χ1v) is 9.57. The van der Waals surface area contributed by atoms with Gasteiger partial charge in [-0.15, -0.1) is 0 Å². The molecule has 0 aliphatic carbocycles. The smallest absolute Gasteiger partial charge is 0.337 e. The number of esters is 1. The minimum absolute atomic E-state index is 0.281. The molecule has 4 rings (SSSR count). The Morgan fingerprint density at radius 1 is 0.933 bits per heavy atom. The van der Waals surface area contributed by atoms with E-state index in [1.165, 1.54) is 24.5 Å². The quantitative estimate of drug-likeness (QED) is 0.403. The maximum atomic E-state index is 12.5. The molecule has 6 nitrogen and oxygen atoms in total. The standard InChI is InChI=1S/C24H21N3O3/c1-30-24(29)18-11-9-17(10-12-18)14-25-26-23(28)19-7-4-8-22(13-19)27-15-20-5-2-3-6-21(20)16-27/h2-14H,15-16H2,1H3,(H,26,28)/b25-14-. The number of amides is 1. The Kier molecular flexibility index (Phi) is 5.57. The molecule has 1 amide bonds. The van der Waals surface area contributed by atoms with Crippen molar-refractivity contribution < 1.29 is 14.3 Å². The van der Waals surface area contributed by atoms with Gasteiger partial charge in [0.15, 0.2) is 0 Å². The van der Waals surface area contributed by atoms with Crippen molar-refractivity contribution in [3.05, 3.63) is 101 Å². The summed E-state index contributed by atoms with van der Waals surface area (Å²) in [5.41, 5.74) is 7.94. The predicted molar refractivity (Wildman–Crippen MR) is 116 cm³/mol. The van der Waals surface area contributed by atoms with Crippen LogP contribution in [0.2, 0.25) is 0 Å².